The number of nitrogens with one attached hydrogen (secondary N) is 1. The number of halogens is 1. The van der Waals surface area contributed by atoms with Crippen molar-refractivity contribution in [3.05, 3.63) is 58.0 Å². The molecule has 0 saturated carbocycles. The fourth-order valence-electron chi connectivity index (χ4n) is 1.42. The Morgan fingerprint density at radius 1 is 1.39 bits per heavy atom. The zero-order valence-corrected chi connectivity index (χ0v) is 11.3. The van der Waals surface area contributed by atoms with Gasteiger partial charge in [0.1, 0.15) is 5.76 Å². The summed E-state index contributed by atoms with van der Waals surface area (Å²) in [5.41, 5.74) is 3.83. The van der Waals surface area contributed by atoms with Crippen molar-refractivity contribution in [3.63, 3.8) is 0 Å². The fourth-order valence-corrected chi connectivity index (χ4v) is 1.81. The van der Waals surface area contributed by atoms with E-state index in [4.69, 9.17) is 4.42 Å². The highest BCUT2D eigenvalue weighted by Crippen LogP contribution is 2.13. The molecule has 18 heavy (non-hydrogen) atoms. The Bertz CT molecular complexity index is 590. The van der Waals surface area contributed by atoms with Crippen molar-refractivity contribution < 1.29 is 9.21 Å². The molecule has 0 radical (unpaired) electrons. The maximum absolute atomic E-state index is 11.7. The molecule has 2 rings (SSSR count). The number of benzene rings is 1. The van der Waals surface area contributed by atoms with Crippen molar-refractivity contribution in [2.45, 2.75) is 6.92 Å². The number of nitrogens with zero attached hydrogens (tertiary/aromatic N) is 1. The standard InChI is InChI=1S/C13H11BrN2O2/c1-9-11(6-7-18-9)13(17)16-15-8-10-4-2-3-5-12(10)14/h2-8H,1H3,(H,16,17). The molecule has 0 spiro atoms. The van der Waals surface area contributed by atoms with Crippen LogP contribution in [0.2, 0.25) is 0 Å². The van der Waals surface area contributed by atoms with Gasteiger partial charge in [-0.25, -0.2) is 5.43 Å². The summed E-state index contributed by atoms with van der Waals surface area (Å²) in [5, 5.41) is 3.90. The van der Waals surface area contributed by atoms with E-state index in [1.165, 1.54) is 6.26 Å². The smallest absolute Gasteiger partial charge is 0.274 e. The first-order valence-corrected chi connectivity index (χ1v) is 6.10. The largest absolute Gasteiger partial charge is 0.469 e. The molecule has 0 unspecified atom stereocenters. The van der Waals surface area contributed by atoms with Gasteiger partial charge in [-0.15, -0.1) is 0 Å². The third kappa shape index (κ3) is 2.87. The fraction of sp³-hybridized carbons (Fsp3) is 0.0769. The Labute approximate surface area is 113 Å². The van der Waals surface area contributed by atoms with E-state index in [0.717, 1.165) is 10.0 Å². The number of rotatable bonds is 3. The minimum Gasteiger partial charge on any atom is -0.469 e. The highest BCUT2D eigenvalue weighted by Gasteiger charge is 2.09. The second-order valence-electron chi connectivity index (χ2n) is 3.61. The normalized spacial score (nSPS) is 10.8. The van der Waals surface area contributed by atoms with Crippen LogP contribution in [0.15, 0.2) is 50.6 Å². The van der Waals surface area contributed by atoms with Gasteiger partial charge in [-0.2, -0.15) is 5.10 Å². The number of hydrazone groups is 1. The zero-order valence-electron chi connectivity index (χ0n) is 9.68. The summed E-state index contributed by atoms with van der Waals surface area (Å²) in [4.78, 5) is 11.7. The molecule has 92 valence electrons. The predicted molar refractivity (Wildman–Crippen MR) is 72.6 cm³/mol. The molecule has 0 aliphatic rings. The van der Waals surface area contributed by atoms with Crippen LogP contribution in [0.1, 0.15) is 21.7 Å². The second-order valence-corrected chi connectivity index (χ2v) is 4.47. The van der Waals surface area contributed by atoms with Crippen molar-refractivity contribution in [1.82, 2.24) is 5.43 Å². The molecule has 1 N–H and O–H groups in total. The first kappa shape index (κ1) is 12.6. The number of carbonyl (C=O) groups is 1. The van der Waals surface area contributed by atoms with Gasteiger partial charge in [-0.05, 0) is 19.1 Å². The minimum absolute atomic E-state index is 0.287. The average Bonchev–Trinajstić information content (AvgIpc) is 2.78. The Morgan fingerprint density at radius 2 is 2.17 bits per heavy atom. The van der Waals surface area contributed by atoms with E-state index >= 15 is 0 Å². The monoisotopic (exact) mass is 306 g/mol. The van der Waals surface area contributed by atoms with E-state index in [1.54, 1.807) is 19.2 Å². The zero-order chi connectivity index (χ0) is 13.0. The quantitative estimate of drug-likeness (QED) is 0.699. The number of aryl methyl sites for hydroxylation is 1. The molecular formula is C13H11BrN2O2. The Morgan fingerprint density at radius 3 is 2.83 bits per heavy atom. The summed E-state index contributed by atoms with van der Waals surface area (Å²) >= 11 is 3.39. The van der Waals surface area contributed by atoms with Crippen LogP contribution in [-0.4, -0.2) is 12.1 Å². The molecule has 4 nitrogen and oxygen atoms in total. The molecule has 0 atom stereocenters. The maximum atomic E-state index is 11.7. The predicted octanol–water partition coefficient (Wildman–Crippen LogP) is 3.11. The van der Waals surface area contributed by atoms with E-state index in [0.29, 0.717) is 11.3 Å². The Hall–Kier alpha value is -1.88. The lowest BCUT2D eigenvalue weighted by Crippen LogP contribution is -2.17. The lowest BCUT2D eigenvalue weighted by atomic mass is 10.2. The first-order valence-electron chi connectivity index (χ1n) is 5.30. The lowest BCUT2D eigenvalue weighted by molar-refractivity contribution is 0.0953. The van der Waals surface area contributed by atoms with E-state index < -0.39 is 0 Å². The molecule has 0 aliphatic heterocycles. The number of carbonyl (C=O) groups excluding carboxylic acids is 1. The van der Waals surface area contributed by atoms with Gasteiger partial charge in [0.05, 0.1) is 18.0 Å². The SMILES string of the molecule is Cc1occc1C(=O)NN=Cc1ccccc1Br. The Balaban J connectivity index is 2.03. The summed E-state index contributed by atoms with van der Waals surface area (Å²) in [6.45, 7) is 1.73. The van der Waals surface area contributed by atoms with Crippen molar-refractivity contribution in [2.75, 3.05) is 0 Å². The Kier molecular flexibility index (Phi) is 3.94. The maximum Gasteiger partial charge on any atom is 0.274 e. The van der Waals surface area contributed by atoms with Crippen LogP contribution in [0.25, 0.3) is 0 Å². The van der Waals surface area contributed by atoms with Crippen molar-refractivity contribution >= 4 is 28.1 Å². The van der Waals surface area contributed by atoms with E-state index in [2.05, 4.69) is 26.5 Å². The highest BCUT2D eigenvalue weighted by molar-refractivity contribution is 9.10. The number of hydrogen-bond donors (Lipinski definition) is 1. The molecule has 1 amide bonds. The molecule has 1 aromatic carbocycles. The summed E-state index contributed by atoms with van der Waals surface area (Å²) in [7, 11) is 0. The van der Waals surface area contributed by atoms with Crippen LogP contribution in [0.5, 0.6) is 0 Å². The van der Waals surface area contributed by atoms with Crippen LogP contribution in [-0.2, 0) is 0 Å². The summed E-state index contributed by atoms with van der Waals surface area (Å²) in [6, 6.07) is 9.22. The molecule has 1 aromatic heterocycles. The van der Waals surface area contributed by atoms with Gasteiger partial charge in [-0.3, -0.25) is 4.79 Å². The third-order valence-corrected chi connectivity index (χ3v) is 3.10. The van der Waals surface area contributed by atoms with E-state index in [1.807, 2.05) is 24.3 Å². The lowest BCUT2D eigenvalue weighted by Gasteiger charge is -1.98. The van der Waals surface area contributed by atoms with Crippen LogP contribution in [0, 0.1) is 6.92 Å². The van der Waals surface area contributed by atoms with Crippen LogP contribution < -0.4 is 5.43 Å². The summed E-state index contributed by atoms with van der Waals surface area (Å²) in [5.74, 6) is 0.285. The van der Waals surface area contributed by atoms with Gasteiger partial charge < -0.3 is 4.42 Å². The topological polar surface area (TPSA) is 54.6 Å². The molecule has 0 saturated heterocycles. The minimum atomic E-state index is -0.287. The highest BCUT2D eigenvalue weighted by atomic mass is 79.9. The van der Waals surface area contributed by atoms with E-state index in [9.17, 15) is 4.79 Å². The number of furan rings is 1. The van der Waals surface area contributed by atoms with Gasteiger partial charge in [-0.1, -0.05) is 34.1 Å². The molecule has 0 fully saturated rings. The molecule has 0 bridgehead atoms. The molecule has 2 aromatic rings. The van der Waals surface area contributed by atoms with Gasteiger partial charge in [0.25, 0.3) is 5.91 Å². The van der Waals surface area contributed by atoms with Crippen molar-refractivity contribution in [1.29, 1.82) is 0 Å². The molecule has 0 aliphatic carbocycles. The van der Waals surface area contributed by atoms with Crippen LogP contribution >= 0.6 is 15.9 Å². The van der Waals surface area contributed by atoms with E-state index in [-0.39, 0.29) is 5.91 Å². The van der Waals surface area contributed by atoms with Crippen molar-refractivity contribution in [3.8, 4) is 0 Å². The van der Waals surface area contributed by atoms with Crippen molar-refractivity contribution in [2.24, 2.45) is 5.10 Å². The van der Waals surface area contributed by atoms with Gasteiger partial charge >= 0.3 is 0 Å². The van der Waals surface area contributed by atoms with Gasteiger partial charge in [0, 0.05) is 10.0 Å². The van der Waals surface area contributed by atoms with Crippen LogP contribution in [0.4, 0.5) is 0 Å². The first-order chi connectivity index (χ1) is 8.68. The molecular weight excluding hydrogens is 296 g/mol. The van der Waals surface area contributed by atoms with Gasteiger partial charge in [0.2, 0.25) is 0 Å². The number of amides is 1. The summed E-state index contributed by atoms with van der Waals surface area (Å²) in [6.07, 6.45) is 3.05. The van der Waals surface area contributed by atoms with Gasteiger partial charge in [0.15, 0.2) is 0 Å². The third-order valence-electron chi connectivity index (χ3n) is 2.38. The molecule has 5 heteroatoms. The molecule has 1 heterocycles. The average molecular weight is 307 g/mol. The van der Waals surface area contributed by atoms with Crippen LogP contribution in [0.3, 0.4) is 0 Å². The second kappa shape index (κ2) is 5.64. The number of hydrogen-bond acceptors (Lipinski definition) is 3. The summed E-state index contributed by atoms with van der Waals surface area (Å²) < 4.78 is 5.97.